The molecule has 8 heteroatoms. The van der Waals surface area contributed by atoms with Crippen molar-refractivity contribution in [3.05, 3.63) is 69.8 Å². The third kappa shape index (κ3) is 2.13. The van der Waals surface area contributed by atoms with Gasteiger partial charge in [0.05, 0.1) is 16.9 Å². The zero-order valence-electron chi connectivity index (χ0n) is 14.7. The Morgan fingerprint density at radius 2 is 1.86 bits per heavy atom. The van der Waals surface area contributed by atoms with E-state index < -0.39 is 5.41 Å². The summed E-state index contributed by atoms with van der Waals surface area (Å²) in [7, 11) is 1.70. The minimum atomic E-state index is -1.16. The van der Waals surface area contributed by atoms with Gasteiger partial charge in [-0.2, -0.15) is 5.10 Å². The van der Waals surface area contributed by atoms with Crippen LogP contribution in [0.4, 0.5) is 11.5 Å². The quantitative estimate of drug-likeness (QED) is 0.660. The fourth-order valence-corrected chi connectivity index (χ4v) is 4.57. The van der Waals surface area contributed by atoms with Crippen LogP contribution < -0.4 is 10.2 Å². The van der Waals surface area contributed by atoms with Crippen LogP contribution >= 0.6 is 23.2 Å². The largest absolute Gasteiger partial charge is 0.314 e. The number of aromatic nitrogens is 2. The van der Waals surface area contributed by atoms with Gasteiger partial charge in [-0.25, -0.2) is 4.68 Å². The molecule has 3 heterocycles. The average molecular weight is 413 g/mol. The van der Waals surface area contributed by atoms with E-state index in [1.54, 1.807) is 53.2 Å². The number of nitrogens with one attached hydrogen (secondary N) is 1. The number of benzene rings is 2. The molecule has 2 aliphatic rings. The van der Waals surface area contributed by atoms with Crippen LogP contribution in [0.25, 0.3) is 5.69 Å². The highest BCUT2D eigenvalue weighted by Crippen LogP contribution is 2.52. The van der Waals surface area contributed by atoms with Gasteiger partial charge in [-0.15, -0.1) is 0 Å². The number of hydrogen-bond donors (Lipinski definition) is 1. The molecule has 0 aliphatic carbocycles. The molecule has 1 aromatic heterocycles. The van der Waals surface area contributed by atoms with Gasteiger partial charge in [-0.3, -0.25) is 9.59 Å². The molecule has 6 nitrogen and oxygen atoms in total. The summed E-state index contributed by atoms with van der Waals surface area (Å²) in [5.41, 5.74) is 1.53. The lowest BCUT2D eigenvalue weighted by molar-refractivity contribution is -0.126. The first-order valence-electron chi connectivity index (χ1n) is 8.65. The summed E-state index contributed by atoms with van der Waals surface area (Å²) in [6.07, 6.45) is 1.62. The molecule has 5 rings (SSSR count). The Labute approximate surface area is 170 Å². The Morgan fingerprint density at radius 3 is 2.64 bits per heavy atom. The number of amides is 2. The standard InChI is InChI=1S/C20H14Cl2N4O2/c1-25-15-7-6-11(21)8-12(15)20(19(25)28)9-17(27)24-18-13(20)10-23-26(18)16-5-3-2-4-14(16)22/h2-8,10H,9H2,1H3,(H,24,27)/t20-/m1/s1. The molecular weight excluding hydrogens is 399 g/mol. The van der Waals surface area contributed by atoms with Gasteiger partial charge >= 0.3 is 0 Å². The van der Waals surface area contributed by atoms with Crippen LogP contribution in [0.3, 0.4) is 0 Å². The molecule has 2 aliphatic heterocycles. The molecule has 1 atom stereocenters. The molecule has 0 radical (unpaired) electrons. The van der Waals surface area contributed by atoms with E-state index >= 15 is 0 Å². The number of carbonyl (C=O) groups excluding carboxylic acids is 2. The van der Waals surface area contributed by atoms with E-state index in [0.717, 1.165) is 5.69 Å². The predicted molar refractivity (Wildman–Crippen MR) is 107 cm³/mol. The molecule has 0 fully saturated rings. The molecule has 0 saturated heterocycles. The van der Waals surface area contributed by atoms with E-state index in [1.165, 1.54) is 0 Å². The van der Waals surface area contributed by atoms with E-state index in [0.29, 0.717) is 32.7 Å². The molecule has 0 bridgehead atoms. The molecule has 0 unspecified atom stereocenters. The van der Waals surface area contributed by atoms with Gasteiger partial charge in [0.15, 0.2) is 0 Å². The lowest BCUT2D eigenvalue weighted by Gasteiger charge is -2.32. The van der Waals surface area contributed by atoms with Crippen molar-refractivity contribution in [3.8, 4) is 5.69 Å². The van der Waals surface area contributed by atoms with Crippen LogP contribution in [-0.2, 0) is 15.0 Å². The smallest absolute Gasteiger partial charge is 0.242 e. The predicted octanol–water partition coefficient (Wildman–Crippen LogP) is 3.78. The Bertz CT molecular complexity index is 1170. The second-order valence-corrected chi connectivity index (χ2v) is 7.77. The van der Waals surface area contributed by atoms with E-state index in [9.17, 15) is 9.59 Å². The van der Waals surface area contributed by atoms with Gasteiger partial charge in [0.1, 0.15) is 11.2 Å². The van der Waals surface area contributed by atoms with Crippen molar-refractivity contribution in [3.63, 3.8) is 0 Å². The number of anilines is 2. The van der Waals surface area contributed by atoms with E-state index in [4.69, 9.17) is 23.2 Å². The summed E-state index contributed by atoms with van der Waals surface area (Å²) < 4.78 is 1.56. The van der Waals surface area contributed by atoms with Gasteiger partial charge in [0.25, 0.3) is 0 Å². The number of halogens is 2. The van der Waals surface area contributed by atoms with Crippen molar-refractivity contribution in [1.82, 2.24) is 9.78 Å². The van der Waals surface area contributed by atoms with Gasteiger partial charge in [0, 0.05) is 29.7 Å². The topological polar surface area (TPSA) is 67.2 Å². The maximum Gasteiger partial charge on any atom is 0.242 e. The average Bonchev–Trinajstić information content (AvgIpc) is 3.17. The zero-order chi connectivity index (χ0) is 19.6. The second kappa shape index (κ2) is 5.83. The SMILES string of the molecule is CN1C(=O)[C@]2(CC(=O)Nc3c2cnn3-c2ccccc2Cl)c2cc(Cl)ccc21. The van der Waals surface area contributed by atoms with Crippen molar-refractivity contribution >= 4 is 46.5 Å². The normalized spacial score (nSPS) is 20.3. The highest BCUT2D eigenvalue weighted by atomic mass is 35.5. The van der Waals surface area contributed by atoms with Gasteiger partial charge in [0.2, 0.25) is 11.8 Å². The van der Waals surface area contributed by atoms with E-state index in [1.807, 2.05) is 12.1 Å². The summed E-state index contributed by atoms with van der Waals surface area (Å²) in [6.45, 7) is 0. The number of rotatable bonds is 1. The van der Waals surface area contributed by atoms with Crippen LogP contribution in [0.1, 0.15) is 17.5 Å². The number of fused-ring (bicyclic) bond motifs is 4. The number of carbonyl (C=O) groups is 2. The summed E-state index contributed by atoms with van der Waals surface area (Å²) in [5, 5.41) is 8.31. The summed E-state index contributed by atoms with van der Waals surface area (Å²) in [4.78, 5) is 27.7. The lowest BCUT2D eigenvalue weighted by atomic mass is 9.72. The fourth-order valence-electron chi connectivity index (χ4n) is 4.18. The maximum absolute atomic E-state index is 13.4. The van der Waals surface area contributed by atoms with Gasteiger partial charge in [-0.05, 0) is 35.9 Å². The molecule has 1 N–H and O–H groups in total. The Kier molecular flexibility index (Phi) is 3.60. The molecule has 3 aromatic rings. The second-order valence-electron chi connectivity index (χ2n) is 6.93. The third-order valence-electron chi connectivity index (χ3n) is 5.44. The van der Waals surface area contributed by atoms with Gasteiger partial charge in [-0.1, -0.05) is 35.3 Å². The van der Waals surface area contributed by atoms with Crippen molar-refractivity contribution in [1.29, 1.82) is 0 Å². The van der Waals surface area contributed by atoms with Crippen molar-refractivity contribution < 1.29 is 9.59 Å². The Balaban J connectivity index is 1.81. The van der Waals surface area contributed by atoms with Crippen LogP contribution in [0.15, 0.2) is 48.7 Å². The van der Waals surface area contributed by atoms with Crippen molar-refractivity contribution in [2.24, 2.45) is 0 Å². The lowest BCUT2D eigenvalue weighted by Crippen LogP contribution is -2.45. The number of hydrogen-bond acceptors (Lipinski definition) is 3. The highest BCUT2D eigenvalue weighted by molar-refractivity contribution is 6.32. The Hall–Kier alpha value is -2.83. The Morgan fingerprint density at radius 1 is 1.07 bits per heavy atom. The minimum absolute atomic E-state index is 0.00920. The molecular formula is C20H14Cl2N4O2. The third-order valence-corrected chi connectivity index (χ3v) is 6.00. The molecule has 2 aromatic carbocycles. The molecule has 2 amide bonds. The highest BCUT2D eigenvalue weighted by Gasteiger charge is 2.56. The fraction of sp³-hybridized carbons (Fsp3) is 0.150. The first-order chi connectivity index (χ1) is 13.4. The first kappa shape index (κ1) is 17.3. The monoisotopic (exact) mass is 412 g/mol. The summed E-state index contributed by atoms with van der Waals surface area (Å²) in [6, 6.07) is 12.5. The summed E-state index contributed by atoms with van der Waals surface area (Å²) in [5.74, 6) is -0.00520. The molecule has 0 saturated carbocycles. The van der Waals surface area contributed by atoms with Crippen LogP contribution in [0.5, 0.6) is 0 Å². The van der Waals surface area contributed by atoms with E-state index in [-0.39, 0.29) is 18.2 Å². The first-order valence-corrected chi connectivity index (χ1v) is 9.40. The van der Waals surface area contributed by atoms with Crippen molar-refractivity contribution in [2.45, 2.75) is 11.8 Å². The number of likely N-dealkylation sites (N-methyl/N-ethyl adjacent to an activating group) is 1. The minimum Gasteiger partial charge on any atom is -0.314 e. The maximum atomic E-state index is 13.4. The number of nitrogens with zero attached hydrogens (tertiary/aromatic N) is 3. The molecule has 140 valence electrons. The van der Waals surface area contributed by atoms with Crippen LogP contribution in [-0.4, -0.2) is 28.6 Å². The number of para-hydroxylation sites is 1. The molecule has 1 spiro atoms. The van der Waals surface area contributed by atoms with E-state index in [2.05, 4.69) is 10.4 Å². The van der Waals surface area contributed by atoms with Crippen LogP contribution in [0, 0.1) is 0 Å². The van der Waals surface area contributed by atoms with Crippen LogP contribution in [0.2, 0.25) is 10.0 Å². The summed E-state index contributed by atoms with van der Waals surface area (Å²) >= 11 is 12.6. The van der Waals surface area contributed by atoms with Crippen molar-refractivity contribution in [2.75, 3.05) is 17.3 Å². The molecule has 28 heavy (non-hydrogen) atoms. The van der Waals surface area contributed by atoms with Gasteiger partial charge < -0.3 is 10.2 Å². The zero-order valence-corrected chi connectivity index (χ0v) is 16.3.